The summed E-state index contributed by atoms with van der Waals surface area (Å²) in [5.41, 5.74) is 5.05. The Bertz CT molecular complexity index is 1460. The standard InChI is InChI=1S/C36H41N3O2/c40-35(33-24-9-19-7-20(11-24)12-25(33)10-19)38-28-3-1-23(2-4-28)31-18-37-32-6-5-29(17-30(31)32)39-36(41)34-26-13-21-8-22(15-26)16-27(34)14-21/h1-6,17-22,24-27,33-34,37H,7-16H2,(H,38,40)(H,39,41)/t19-,20+,21-,22+,24-,25?,26-,27?,33?,34?. The van der Waals surface area contributed by atoms with Gasteiger partial charge < -0.3 is 15.6 Å². The summed E-state index contributed by atoms with van der Waals surface area (Å²) in [4.78, 5) is 30.3. The SMILES string of the molecule is O=C(Nc1ccc(-c2c[nH]c3ccc(NC(=O)C4C5C[C@H]6C[C@@H](C5)C[C@@H]4C6)cc23)cc1)C1C2C[C@H]3C[C@@H](C2)C[C@@H]1C3. The fourth-order valence-corrected chi connectivity index (χ4v) is 11.3. The minimum Gasteiger partial charge on any atom is -0.361 e. The molecule has 0 radical (unpaired) electrons. The highest BCUT2D eigenvalue weighted by Crippen LogP contribution is 2.58. The minimum absolute atomic E-state index is 0.186. The highest BCUT2D eigenvalue weighted by atomic mass is 16.2. The van der Waals surface area contributed by atoms with Crippen LogP contribution in [0.15, 0.2) is 48.7 Å². The summed E-state index contributed by atoms with van der Waals surface area (Å²) in [7, 11) is 0. The van der Waals surface area contributed by atoms with Crippen LogP contribution in [0, 0.1) is 59.2 Å². The lowest BCUT2D eigenvalue weighted by Gasteiger charge is -2.53. The van der Waals surface area contributed by atoms with E-state index in [9.17, 15) is 9.59 Å². The predicted molar refractivity (Wildman–Crippen MR) is 162 cm³/mol. The van der Waals surface area contributed by atoms with E-state index in [0.717, 1.165) is 57.1 Å². The van der Waals surface area contributed by atoms with Crippen molar-refractivity contribution in [3.63, 3.8) is 0 Å². The maximum absolute atomic E-state index is 13.5. The van der Waals surface area contributed by atoms with E-state index in [2.05, 4.69) is 46.1 Å². The Kier molecular flexibility index (Phi) is 5.51. The number of aromatic nitrogens is 1. The highest BCUT2D eigenvalue weighted by Gasteiger charge is 2.52. The van der Waals surface area contributed by atoms with Gasteiger partial charge in [-0.3, -0.25) is 9.59 Å². The molecule has 8 aliphatic rings. The second-order valence-electron chi connectivity index (χ2n) is 14.9. The summed E-state index contributed by atoms with van der Waals surface area (Å²) in [6, 6.07) is 14.5. The number of nitrogens with one attached hydrogen (secondary N) is 3. The molecule has 5 nitrogen and oxygen atoms in total. The van der Waals surface area contributed by atoms with Crippen molar-refractivity contribution in [2.75, 3.05) is 10.6 Å². The van der Waals surface area contributed by atoms with Gasteiger partial charge >= 0.3 is 0 Å². The number of carbonyl (C=O) groups excluding carboxylic acids is 2. The number of rotatable bonds is 5. The van der Waals surface area contributed by atoms with Crippen LogP contribution in [-0.4, -0.2) is 16.8 Å². The molecule has 5 heteroatoms. The van der Waals surface area contributed by atoms with Crippen molar-refractivity contribution in [1.82, 2.24) is 4.98 Å². The second kappa shape index (κ2) is 9.21. The first-order valence-corrected chi connectivity index (χ1v) is 16.4. The zero-order valence-corrected chi connectivity index (χ0v) is 23.8. The van der Waals surface area contributed by atoms with Gasteiger partial charge in [-0.25, -0.2) is 0 Å². The summed E-state index contributed by atoms with van der Waals surface area (Å²) in [5, 5.41) is 7.69. The minimum atomic E-state index is 0.186. The highest BCUT2D eigenvalue weighted by molar-refractivity contribution is 6.01. The monoisotopic (exact) mass is 547 g/mol. The van der Waals surface area contributed by atoms with Gasteiger partial charge in [-0.05, 0) is 147 Å². The van der Waals surface area contributed by atoms with Gasteiger partial charge in [-0.2, -0.15) is 0 Å². The van der Waals surface area contributed by atoms with Crippen molar-refractivity contribution in [2.24, 2.45) is 59.2 Å². The van der Waals surface area contributed by atoms with Crippen molar-refractivity contribution >= 4 is 34.1 Å². The first-order chi connectivity index (χ1) is 20.0. The van der Waals surface area contributed by atoms with Crippen LogP contribution in [0.2, 0.25) is 0 Å². The number of aromatic amines is 1. The van der Waals surface area contributed by atoms with E-state index in [1.54, 1.807) is 0 Å². The van der Waals surface area contributed by atoms with Crippen LogP contribution >= 0.6 is 0 Å². The first kappa shape index (κ1) is 24.5. The largest absolute Gasteiger partial charge is 0.361 e. The molecule has 8 saturated carbocycles. The van der Waals surface area contributed by atoms with Crippen LogP contribution in [0.4, 0.5) is 11.4 Å². The zero-order valence-electron chi connectivity index (χ0n) is 23.8. The van der Waals surface area contributed by atoms with E-state index < -0.39 is 0 Å². The van der Waals surface area contributed by atoms with Gasteiger partial charge in [0.15, 0.2) is 0 Å². The fourth-order valence-electron chi connectivity index (χ4n) is 11.3. The van der Waals surface area contributed by atoms with Crippen molar-refractivity contribution < 1.29 is 9.59 Å². The number of benzene rings is 2. The van der Waals surface area contributed by atoms with Crippen LogP contribution in [0.1, 0.15) is 64.2 Å². The van der Waals surface area contributed by atoms with Crippen LogP contribution in [0.25, 0.3) is 22.0 Å². The number of hydrogen-bond acceptors (Lipinski definition) is 2. The summed E-state index contributed by atoms with van der Waals surface area (Å²) >= 11 is 0. The number of fused-ring (bicyclic) bond motifs is 1. The third-order valence-corrected chi connectivity index (χ3v) is 12.5. The topological polar surface area (TPSA) is 74.0 Å². The average molecular weight is 548 g/mol. The van der Waals surface area contributed by atoms with E-state index in [1.165, 1.54) is 64.2 Å². The lowest BCUT2D eigenvalue weighted by atomic mass is 9.51. The maximum atomic E-state index is 13.5. The van der Waals surface area contributed by atoms with Crippen LogP contribution in [-0.2, 0) is 9.59 Å². The molecule has 8 bridgehead atoms. The Morgan fingerprint density at radius 1 is 0.585 bits per heavy atom. The smallest absolute Gasteiger partial charge is 0.228 e. The molecule has 0 unspecified atom stereocenters. The molecule has 0 atom stereocenters. The number of amides is 2. The maximum Gasteiger partial charge on any atom is 0.228 e. The van der Waals surface area contributed by atoms with E-state index in [0.29, 0.717) is 23.7 Å². The number of hydrogen-bond donors (Lipinski definition) is 3. The predicted octanol–water partition coefficient (Wildman–Crippen LogP) is 7.86. The summed E-state index contributed by atoms with van der Waals surface area (Å²) < 4.78 is 0. The van der Waals surface area contributed by atoms with Gasteiger partial charge in [-0.15, -0.1) is 0 Å². The molecule has 0 aliphatic heterocycles. The van der Waals surface area contributed by atoms with Gasteiger partial charge in [0, 0.05) is 45.9 Å². The summed E-state index contributed by atoms with van der Waals surface area (Å²) in [6.45, 7) is 0. The van der Waals surface area contributed by atoms with Gasteiger partial charge in [0.25, 0.3) is 0 Å². The van der Waals surface area contributed by atoms with E-state index in [1.807, 2.05) is 18.2 Å². The van der Waals surface area contributed by atoms with E-state index in [-0.39, 0.29) is 23.7 Å². The van der Waals surface area contributed by atoms with Crippen molar-refractivity contribution in [3.05, 3.63) is 48.7 Å². The molecule has 0 spiro atoms. The molecule has 2 aromatic carbocycles. The Labute approximate surface area is 242 Å². The molecule has 41 heavy (non-hydrogen) atoms. The van der Waals surface area contributed by atoms with Gasteiger partial charge in [0.2, 0.25) is 11.8 Å². The molecule has 3 N–H and O–H groups in total. The molecule has 0 saturated heterocycles. The lowest BCUT2D eigenvalue weighted by molar-refractivity contribution is -0.133. The van der Waals surface area contributed by atoms with Crippen LogP contribution in [0.5, 0.6) is 0 Å². The molecule has 2 amide bonds. The third kappa shape index (κ3) is 4.09. The molecule has 11 rings (SSSR count). The second-order valence-corrected chi connectivity index (χ2v) is 14.9. The first-order valence-electron chi connectivity index (χ1n) is 16.4. The quantitative estimate of drug-likeness (QED) is 0.304. The molecule has 1 heterocycles. The number of carbonyl (C=O) groups is 2. The normalized spacial score (nSPS) is 38.0. The number of H-pyrrole nitrogens is 1. The van der Waals surface area contributed by atoms with Gasteiger partial charge in [0.05, 0.1) is 0 Å². The lowest BCUT2D eigenvalue weighted by Crippen LogP contribution is -2.49. The van der Waals surface area contributed by atoms with Gasteiger partial charge in [0.1, 0.15) is 0 Å². The Morgan fingerprint density at radius 3 is 1.56 bits per heavy atom. The zero-order chi connectivity index (χ0) is 27.2. The molecule has 8 aliphatic carbocycles. The third-order valence-electron chi connectivity index (χ3n) is 12.5. The van der Waals surface area contributed by atoms with Crippen LogP contribution < -0.4 is 10.6 Å². The molecule has 212 valence electrons. The molecule has 3 aromatic rings. The van der Waals surface area contributed by atoms with Crippen molar-refractivity contribution in [1.29, 1.82) is 0 Å². The fraction of sp³-hybridized carbons (Fsp3) is 0.556. The van der Waals surface area contributed by atoms with Crippen molar-refractivity contribution in [3.8, 4) is 11.1 Å². The Morgan fingerprint density at radius 2 is 1.05 bits per heavy atom. The Balaban J connectivity index is 0.907. The van der Waals surface area contributed by atoms with E-state index >= 15 is 0 Å². The molecular weight excluding hydrogens is 506 g/mol. The van der Waals surface area contributed by atoms with E-state index in [4.69, 9.17) is 0 Å². The van der Waals surface area contributed by atoms with Crippen molar-refractivity contribution in [2.45, 2.75) is 64.2 Å². The average Bonchev–Trinajstić information content (AvgIpc) is 3.36. The molecule has 8 fully saturated rings. The van der Waals surface area contributed by atoms with Gasteiger partial charge in [-0.1, -0.05) is 12.1 Å². The number of anilines is 2. The summed E-state index contributed by atoms with van der Waals surface area (Å²) in [5.74, 6) is 6.70. The molecule has 1 aromatic heterocycles. The summed E-state index contributed by atoms with van der Waals surface area (Å²) in [6.07, 6.45) is 14.9. The Hall–Kier alpha value is -3.08. The van der Waals surface area contributed by atoms with Crippen LogP contribution in [0.3, 0.4) is 0 Å². The molecular formula is C36H41N3O2.